The zero-order chi connectivity index (χ0) is 19.4. The first-order chi connectivity index (χ1) is 12.9. The smallest absolute Gasteiger partial charge is 0.352 e. The van der Waals surface area contributed by atoms with Gasteiger partial charge in [0.15, 0.2) is 0 Å². The van der Waals surface area contributed by atoms with Crippen LogP contribution in [-0.2, 0) is 17.5 Å². The normalized spacial score (nSPS) is 16.6. The third kappa shape index (κ3) is 4.68. The lowest BCUT2D eigenvalue weighted by Gasteiger charge is -2.32. The second-order valence-corrected chi connectivity index (χ2v) is 6.84. The summed E-state index contributed by atoms with van der Waals surface area (Å²) in [6.45, 7) is 5.97. The van der Waals surface area contributed by atoms with Gasteiger partial charge in [-0.1, -0.05) is 18.2 Å². The average molecular weight is 380 g/mol. The molecule has 0 spiro atoms. The molecule has 0 saturated carbocycles. The van der Waals surface area contributed by atoms with Crippen molar-refractivity contribution in [1.82, 2.24) is 19.8 Å². The van der Waals surface area contributed by atoms with Crippen LogP contribution in [-0.4, -0.2) is 46.5 Å². The lowest BCUT2D eigenvalue weighted by atomic mass is 9.96. The number of imidazole rings is 1. The van der Waals surface area contributed by atoms with Gasteiger partial charge in [0, 0.05) is 13.1 Å². The van der Waals surface area contributed by atoms with Gasteiger partial charge in [0.25, 0.3) is 0 Å². The Kier molecular flexibility index (Phi) is 5.84. The molecule has 2 heterocycles. The number of carbonyl (C=O) groups excluding carboxylic acids is 1. The summed E-state index contributed by atoms with van der Waals surface area (Å²) in [6.07, 6.45) is -1.36. The molecular weight excluding hydrogens is 357 g/mol. The number of alkyl halides is 3. The number of hydrogen-bond donors (Lipinski definition) is 1. The number of fused-ring (bicyclic) bond motifs is 1. The molecule has 1 aliphatic heterocycles. The van der Waals surface area contributed by atoms with Gasteiger partial charge in [0.1, 0.15) is 0 Å². The van der Waals surface area contributed by atoms with E-state index in [1.54, 1.807) is 30.3 Å². The minimum atomic E-state index is -4.48. The molecule has 1 fully saturated rings. The number of piperidine rings is 1. The van der Waals surface area contributed by atoms with Crippen LogP contribution >= 0.6 is 0 Å². The van der Waals surface area contributed by atoms with Crippen LogP contribution in [0.1, 0.15) is 18.7 Å². The van der Waals surface area contributed by atoms with Crippen molar-refractivity contribution in [3.63, 3.8) is 0 Å². The second kappa shape index (κ2) is 8.12. The van der Waals surface area contributed by atoms with Gasteiger partial charge in [-0.2, -0.15) is 13.2 Å². The van der Waals surface area contributed by atoms with Crippen molar-refractivity contribution < 1.29 is 18.0 Å². The number of amides is 1. The summed E-state index contributed by atoms with van der Waals surface area (Å²) < 4.78 is 41.5. The molecule has 3 rings (SSSR count). The van der Waals surface area contributed by atoms with Gasteiger partial charge >= 0.3 is 6.18 Å². The number of nitrogens with one attached hydrogen (secondary N) is 1. The van der Waals surface area contributed by atoms with E-state index in [4.69, 9.17) is 0 Å². The van der Waals surface area contributed by atoms with E-state index in [0.29, 0.717) is 37.2 Å². The first-order valence-corrected chi connectivity index (χ1v) is 9.01. The van der Waals surface area contributed by atoms with Crippen LogP contribution in [0.15, 0.2) is 36.9 Å². The Labute approximate surface area is 155 Å². The molecule has 27 heavy (non-hydrogen) atoms. The zero-order valence-electron chi connectivity index (χ0n) is 15.0. The van der Waals surface area contributed by atoms with Gasteiger partial charge in [-0.3, -0.25) is 9.69 Å². The van der Waals surface area contributed by atoms with Gasteiger partial charge in [-0.25, -0.2) is 4.98 Å². The van der Waals surface area contributed by atoms with Crippen molar-refractivity contribution in [3.05, 3.63) is 42.7 Å². The van der Waals surface area contributed by atoms with Crippen LogP contribution < -0.4 is 5.32 Å². The van der Waals surface area contributed by atoms with Crippen molar-refractivity contribution in [2.75, 3.05) is 26.2 Å². The number of aromatic nitrogens is 2. The number of benzene rings is 1. The molecule has 0 atom stereocenters. The Balaban J connectivity index is 1.65. The molecule has 5 nitrogen and oxygen atoms in total. The van der Waals surface area contributed by atoms with Gasteiger partial charge in [-0.05, 0) is 44.0 Å². The summed E-state index contributed by atoms with van der Waals surface area (Å²) in [5.74, 6) is -0.778. The molecule has 1 aliphatic rings. The maximum Gasteiger partial charge on any atom is 0.449 e. The number of carbonyl (C=O) groups is 1. The molecule has 0 bridgehead atoms. The Bertz CT molecular complexity index is 807. The maximum atomic E-state index is 13.4. The monoisotopic (exact) mass is 380 g/mol. The molecule has 2 aromatic rings. The van der Waals surface area contributed by atoms with Gasteiger partial charge in [0.2, 0.25) is 11.7 Å². The van der Waals surface area contributed by atoms with E-state index >= 15 is 0 Å². The fourth-order valence-corrected chi connectivity index (χ4v) is 3.51. The highest BCUT2D eigenvalue weighted by atomic mass is 19.4. The molecule has 1 saturated heterocycles. The van der Waals surface area contributed by atoms with Crippen LogP contribution in [0.5, 0.6) is 0 Å². The molecule has 1 aromatic heterocycles. The first kappa shape index (κ1) is 19.4. The van der Waals surface area contributed by atoms with Crippen molar-refractivity contribution in [2.24, 2.45) is 5.92 Å². The predicted molar refractivity (Wildman–Crippen MR) is 97.1 cm³/mol. The van der Waals surface area contributed by atoms with Gasteiger partial charge in [-0.15, -0.1) is 6.58 Å². The number of likely N-dealkylation sites (tertiary alicyclic amines) is 1. The van der Waals surface area contributed by atoms with Crippen molar-refractivity contribution in [2.45, 2.75) is 25.6 Å². The Morgan fingerprint density at radius 2 is 2.00 bits per heavy atom. The molecule has 8 heteroatoms. The summed E-state index contributed by atoms with van der Waals surface area (Å²) in [5, 5.41) is 2.74. The number of para-hydroxylation sites is 2. The zero-order valence-corrected chi connectivity index (χ0v) is 15.0. The number of hydrogen-bond acceptors (Lipinski definition) is 3. The summed E-state index contributed by atoms with van der Waals surface area (Å²) in [6, 6.07) is 6.70. The molecule has 0 radical (unpaired) electrons. The fourth-order valence-electron chi connectivity index (χ4n) is 3.51. The lowest BCUT2D eigenvalue weighted by Crippen LogP contribution is -2.42. The van der Waals surface area contributed by atoms with Gasteiger partial charge in [0.05, 0.1) is 17.6 Å². The standard InChI is InChI=1S/C19H23F3N4O/c1-2-9-23-17(27)13-25-10-7-14(8-11-25)12-26-16-6-4-3-5-15(16)24-18(26)19(20,21)22/h2-6,14H,1,7-13H2,(H,23,27). The number of nitrogens with zero attached hydrogens (tertiary/aromatic N) is 3. The number of rotatable bonds is 6. The van der Waals surface area contributed by atoms with Gasteiger partial charge < -0.3 is 9.88 Å². The molecular formula is C19H23F3N4O. The predicted octanol–water partition coefficient (Wildman–Crippen LogP) is 3.07. The second-order valence-electron chi connectivity index (χ2n) is 6.84. The molecule has 146 valence electrons. The van der Waals surface area contributed by atoms with Crippen LogP contribution in [0.4, 0.5) is 13.2 Å². The SMILES string of the molecule is C=CCNC(=O)CN1CCC(Cn2c(C(F)(F)F)nc3ccccc32)CC1. The Morgan fingerprint density at radius 1 is 1.30 bits per heavy atom. The van der Waals surface area contributed by atoms with Crippen LogP contribution in [0.3, 0.4) is 0 Å². The minimum absolute atomic E-state index is 0.0617. The highest BCUT2D eigenvalue weighted by Gasteiger charge is 2.38. The van der Waals surface area contributed by atoms with Crippen LogP contribution in [0.2, 0.25) is 0 Å². The van der Waals surface area contributed by atoms with Crippen LogP contribution in [0, 0.1) is 5.92 Å². The Hall–Kier alpha value is -2.35. The van der Waals surface area contributed by atoms with Crippen LogP contribution in [0.25, 0.3) is 11.0 Å². The third-order valence-electron chi connectivity index (χ3n) is 4.87. The van der Waals surface area contributed by atoms with E-state index in [-0.39, 0.29) is 18.4 Å². The summed E-state index contributed by atoms with van der Waals surface area (Å²) in [7, 11) is 0. The van der Waals surface area contributed by atoms with E-state index in [1.807, 2.05) is 4.90 Å². The van der Waals surface area contributed by atoms with E-state index in [0.717, 1.165) is 12.8 Å². The lowest BCUT2D eigenvalue weighted by molar-refractivity contribution is -0.147. The Morgan fingerprint density at radius 3 is 2.67 bits per heavy atom. The molecule has 1 N–H and O–H groups in total. The third-order valence-corrected chi connectivity index (χ3v) is 4.87. The quantitative estimate of drug-likeness (QED) is 0.784. The maximum absolute atomic E-state index is 13.4. The van der Waals surface area contributed by atoms with Crippen molar-refractivity contribution >= 4 is 16.9 Å². The topological polar surface area (TPSA) is 50.2 Å². The van der Waals surface area contributed by atoms with E-state index in [1.165, 1.54) is 4.57 Å². The van der Waals surface area contributed by atoms with E-state index < -0.39 is 12.0 Å². The molecule has 0 unspecified atom stereocenters. The molecule has 0 aliphatic carbocycles. The van der Waals surface area contributed by atoms with E-state index in [9.17, 15) is 18.0 Å². The summed E-state index contributed by atoms with van der Waals surface area (Å²) in [4.78, 5) is 17.6. The summed E-state index contributed by atoms with van der Waals surface area (Å²) >= 11 is 0. The van der Waals surface area contributed by atoms with Crippen molar-refractivity contribution in [3.8, 4) is 0 Å². The fraction of sp³-hybridized carbons (Fsp3) is 0.474. The highest BCUT2D eigenvalue weighted by molar-refractivity contribution is 5.78. The van der Waals surface area contributed by atoms with E-state index in [2.05, 4.69) is 16.9 Å². The molecule has 1 amide bonds. The minimum Gasteiger partial charge on any atom is -0.352 e. The first-order valence-electron chi connectivity index (χ1n) is 9.01. The largest absolute Gasteiger partial charge is 0.449 e. The number of halogens is 3. The average Bonchev–Trinajstić information content (AvgIpc) is 3.01. The highest BCUT2D eigenvalue weighted by Crippen LogP contribution is 2.33. The van der Waals surface area contributed by atoms with Crippen molar-refractivity contribution in [1.29, 1.82) is 0 Å². The summed E-state index contributed by atoms with van der Waals surface area (Å²) in [5.41, 5.74) is 0.872. The molecule has 1 aromatic carbocycles.